The maximum absolute atomic E-state index is 12.6. The molecule has 2 aromatic carbocycles. The normalized spacial score (nSPS) is 13.6. The number of benzene rings is 2. The second kappa shape index (κ2) is 6.53. The molecule has 0 saturated heterocycles. The summed E-state index contributed by atoms with van der Waals surface area (Å²) in [6.07, 6.45) is 0. The average Bonchev–Trinajstić information content (AvgIpc) is 2.86. The van der Waals surface area contributed by atoms with Crippen LogP contribution in [0.1, 0.15) is 21.6 Å². The second-order valence-corrected chi connectivity index (χ2v) is 6.16. The number of rotatable bonds is 2. The van der Waals surface area contributed by atoms with Gasteiger partial charge in [0.2, 0.25) is 0 Å². The van der Waals surface area contributed by atoms with E-state index in [0.29, 0.717) is 12.2 Å². The number of hydrogen-bond donors (Lipinski definition) is 2. The van der Waals surface area contributed by atoms with Crippen molar-refractivity contribution in [2.45, 2.75) is 13.5 Å². The van der Waals surface area contributed by atoms with Crippen molar-refractivity contribution >= 4 is 22.5 Å². The van der Waals surface area contributed by atoms with Crippen LogP contribution in [0.4, 0.5) is 5.69 Å². The molecule has 5 heteroatoms. The molecule has 1 aromatic heterocycles. The van der Waals surface area contributed by atoms with E-state index in [4.69, 9.17) is 4.74 Å². The van der Waals surface area contributed by atoms with Gasteiger partial charge in [0, 0.05) is 41.0 Å². The van der Waals surface area contributed by atoms with Gasteiger partial charge in [-0.2, -0.15) is 0 Å². The van der Waals surface area contributed by atoms with E-state index in [9.17, 15) is 4.79 Å². The van der Waals surface area contributed by atoms with Gasteiger partial charge >= 0.3 is 0 Å². The van der Waals surface area contributed by atoms with E-state index in [-0.39, 0.29) is 5.91 Å². The molecule has 126 valence electrons. The number of aromatic nitrogens is 1. The van der Waals surface area contributed by atoms with Crippen molar-refractivity contribution in [2.75, 3.05) is 18.5 Å². The highest BCUT2D eigenvalue weighted by Crippen LogP contribution is 2.24. The number of hydrogen-bond acceptors (Lipinski definition) is 4. The number of aryl methyl sites for hydroxylation is 1. The summed E-state index contributed by atoms with van der Waals surface area (Å²) in [6.45, 7) is 4.17. The molecule has 1 aliphatic rings. The Morgan fingerprint density at radius 3 is 3.00 bits per heavy atom. The first kappa shape index (κ1) is 15.6. The first-order chi connectivity index (χ1) is 12.2. The molecular formula is C20H19N3O2. The van der Waals surface area contributed by atoms with Crippen molar-refractivity contribution in [2.24, 2.45) is 0 Å². The van der Waals surface area contributed by atoms with Crippen LogP contribution < -0.4 is 15.4 Å². The quantitative estimate of drug-likeness (QED) is 0.755. The predicted octanol–water partition coefficient (Wildman–Crippen LogP) is 3.28. The van der Waals surface area contributed by atoms with E-state index in [2.05, 4.69) is 15.6 Å². The second-order valence-electron chi connectivity index (χ2n) is 6.16. The van der Waals surface area contributed by atoms with Gasteiger partial charge < -0.3 is 15.4 Å². The smallest absolute Gasteiger partial charge is 0.255 e. The SMILES string of the molecule is Cc1ccc2cc(C(=O)Nc3ccc4c(c3)CNCCO4)ccc2n1. The number of nitrogens with zero attached hydrogens (tertiary/aromatic N) is 1. The number of fused-ring (bicyclic) bond motifs is 2. The zero-order valence-corrected chi connectivity index (χ0v) is 14.0. The zero-order valence-electron chi connectivity index (χ0n) is 14.0. The minimum Gasteiger partial charge on any atom is -0.492 e. The molecule has 0 bridgehead atoms. The summed E-state index contributed by atoms with van der Waals surface area (Å²) in [4.78, 5) is 17.0. The number of amides is 1. The number of ether oxygens (including phenoxy) is 1. The van der Waals surface area contributed by atoms with Gasteiger partial charge in [0.05, 0.1) is 5.52 Å². The fourth-order valence-electron chi connectivity index (χ4n) is 2.96. The molecule has 4 rings (SSSR count). The predicted molar refractivity (Wildman–Crippen MR) is 98.1 cm³/mol. The van der Waals surface area contributed by atoms with Crippen LogP contribution in [0.25, 0.3) is 10.9 Å². The first-order valence-corrected chi connectivity index (χ1v) is 8.34. The van der Waals surface area contributed by atoms with E-state index >= 15 is 0 Å². The van der Waals surface area contributed by atoms with Crippen molar-refractivity contribution in [3.05, 3.63) is 65.4 Å². The first-order valence-electron chi connectivity index (χ1n) is 8.34. The molecule has 0 aliphatic carbocycles. The fourth-order valence-corrected chi connectivity index (χ4v) is 2.96. The number of carbonyl (C=O) groups excluding carboxylic acids is 1. The summed E-state index contributed by atoms with van der Waals surface area (Å²) in [7, 11) is 0. The van der Waals surface area contributed by atoms with Crippen LogP contribution in [0.3, 0.4) is 0 Å². The average molecular weight is 333 g/mol. The number of anilines is 1. The maximum Gasteiger partial charge on any atom is 0.255 e. The highest BCUT2D eigenvalue weighted by Gasteiger charge is 2.12. The number of nitrogens with one attached hydrogen (secondary N) is 2. The lowest BCUT2D eigenvalue weighted by atomic mass is 10.1. The molecule has 0 saturated carbocycles. The van der Waals surface area contributed by atoms with Crippen LogP contribution in [-0.4, -0.2) is 24.0 Å². The lowest BCUT2D eigenvalue weighted by Gasteiger charge is -2.10. The third kappa shape index (κ3) is 3.32. The third-order valence-electron chi connectivity index (χ3n) is 4.26. The largest absolute Gasteiger partial charge is 0.492 e. The molecule has 0 unspecified atom stereocenters. The molecular weight excluding hydrogens is 314 g/mol. The van der Waals surface area contributed by atoms with Crippen LogP contribution in [0.5, 0.6) is 5.75 Å². The van der Waals surface area contributed by atoms with Crippen molar-refractivity contribution in [3.63, 3.8) is 0 Å². The third-order valence-corrected chi connectivity index (χ3v) is 4.26. The molecule has 0 fully saturated rings. The Morgan fingerprint density at radius 1 is 1.16 bits per heavy atom. The fraction of sp³-hybridized carbons (Fsp3) is 0.200. The Morgan fingerprint density at radius 2 is 2.08 bits per heavy atom. The van der Waals surface area contributed by atoms with Crippen LogP contribution in [-0.2, 0) is 6.54 Å². The van der Waals surface area contributed by atoms with Gasteiger partial charge in [0.1, 0.15) is 12.4 Å². The molecule has 0 spiro atoms. The van der Waals surface area contributed by atoms with Crippen LogP contribution in [0.15, 0.2) is 48.5 Å². The molecule has 1 aliphatic heterocycles. The highest BCUT2D eigenvalue weighted by molar-refractivity contribution is 6.06. The van der Waals surface area contributed by atoms with Gasteiger partial charge in [0.25, 0.3) is 5.91 Å². The van der Waals surface area contributed by atoms with Gasteiger partial charge in [0.15, 0.2) is 0 Å². The summed E-state index contributed by atoms with van der Waals surface area (Å²) in [5.41, 5.74) is 4.28. The van der Waals surface area contributed by atoms with Crippen LogP contribution in [0.2, 0.25) is 0 Å². The Kier molecular flexibility index (Phi) is 4.07. The number of carbonyl (C=O) groups is 1. The van der Waals surface area contributed by atoms with Gasteiger partial charge in [-0.3, -0.25) is 9.78 Å². The molecule has 5 nitrogen and oxygen atoms in total. The highest BCUT2D eigenvalue weighted by atomic mass is 16.5. The lowest BCUT2D eigenvalue weighted by molar-refractivity contribution is 0.102. The molecule has 0 radical (unpaired) electrons. The maximum atomic E-state index is 12.6. The van der Waals surface area contributed by atoms with Crippen molar-refractivity contribution in [1.29, 1.82) is 0 Å². The molecule has 2 N–H and O–H groups in total. The minimum absolute atomic E-state index is 0.134. The van der Waals surface area contributed by atoms with E-state index in [1.165, 1.54) is 0 Å². The van der Waals surface area contributed by atoms with Crippen molar-refractivity contribution in [1.82, 2.24) is 10.3 Å². The van der Waals surface area contributed by atoms with Gasteiger partial charge in [-0.1, -0.05) is 6.07 Å². The lowest BCUT2D eigenvalue weighted by Crippen LogP contribution is -2.16. The molecule has 2 heterocycles. The summed E-state index contributed by atoms with van der Waals surface area (Å²) in [5.74, 6) is 0.736. The standard InChI is InChI=1S/C20H19N3O2/c1-13-2-3-14-10-15(4-6-18(14)22-13)20(24)23-17-5-7-19-16(11-17)12-21-8-9-25-19/h2-7,10-11,21H,8-9,12H2,1H3,(H,23,24). The van der Waals surface area contributed by atoms with E-state index in [1.807, 2.05) is 49.4 Å². The summed E-state index contributed by atoms with van der Waals surface area (Å²) >= 11 is 0. The van der Waals surface area contributed by atoms with E-state index in [1.54, 1.807) is 6.07 Å². The van der Waals surface area contributed by atoms with E-state index in [0.717, 1.165) is 46.7 Å². The Hall–Kier alpha value is -2.92. The molecule has 25 heavy (non-hydrogen) atoms. The van der Waals surface area contributed by atoms with Gasteiger partial charge in [-0.05, 0) is 49.4 Å². The number of pyridine rings is 1. The topological polar surface area (TPSA) is 63.2 Å². The van der Waals surface area contributed by atoms with Crippen LogP contribution in [0, 0.1) is 6.92 Å². The van der Waals surface area contributed by atoms with E-state index < -0.39 is 0 Å². The van der Waals surface area contributed by atoms with Crippen molar-refractivity contribution < 1.29 is 9.53 Å². The summed E-state index contributed by atoms with van der Waals surface area (Å²) in [6, 6.07) is 15.2. The zero-order chi connectivity index (χ0) is 17.2. The Labute approximate surface area is 146 Å². The molecule has 1 amide bonds. The summed E-state index contributed by atoms with van der Waals surface area (Å²) in [5, 5.41) is 7.21. The minimum atomic E-state index is -0.134. The monoisotopic (exact) mass is 333 g/mol. The molecule has 3 aromatic rings. The van der Waals surface area contributed by atoms with Crippen molar-refractivity contribution in [3.8, 4) is 5.75 Å². The van der Waals surface area contributed by atoms with Gasteiger partial charge in [-0.15, -0.1) is 0 Å². The Balaban J connectivity index is 1.57. The Bertz CT molecular complexity index is 953. The molecule has 0 atom stereocenters. The van der Waals surface area contributed by atoms with Crippen LogP contribution >= 0.6 is 0 Å². The summed E-state index contributed by atoms with van der Waals surface area (Å²) < 4.78 is 5.67. The van der Waals surface area contributed by atoms with Gasteiger partial charge in [-0.25, -0.2) is 0 Å².